The number of carbonyl (C=O) groups excluding carboxylic acids is 3. The Hall–Kier alpha value is -2.97. The number of urea groups is 1. The summed E-state index contributed by atoms with van der Waals surface area (Å²) in [5.74, 6) is -0.582. The van der Waals surface area contributed by atoms with Crippen molar-refractivity contribution < 1.29 is 19.0 Å². The summed E-state index contributed by atoms with van der Waals surface area (Å²) < 4.78 is 4.64. The minimum absolute atomic E-state index is 0.0460. The molecular weight excluding hydrogens is 314 g/mol. The smallest absolute Gasteiger partial charge is 0.326 e. The zero-order chi connectivity index (χ0) is 17.4. The molecule has 3 rings (SSSR count). The molecule has 0 saturated carbocycles. The van der Waals surface area contributed by atoms with Gasteiger partial charge in [0.05, 0.1) is 6.42 Å². The Morgan fingerprint density at radius 1 is 1.25 bits per heavy atom. The molecule has 0 radical (unpaired) electrons. The van der Waals surface area contributed by atoms with E-state index in [0.717, 1.165) is 10.5 Å². The molecule has 0 spiro atoms. The number of hydrogen-bond donors (Lipinski definition) is 0. The average molecular weight is 331 g/mol. The molecule has 2 aromatic rings. The Bertz CT molecular complexity index is 817. The highest BCUT2D eigenvalue weighted by molar-refractivity contribution is 6.05. The van der Waals surface area contributed by atoms with E-state index in [-0.39, 0.29) is 18.2 Å². The van der Waals surface area contributed by atoms with E-state index in [2.05, 4.69) is 14.9 Å². The Labute approximate surface area is 137 Å². The maximum absolute atomic E-state index is 12.4. The highest BCUT2D eigenvalue weighted by Crippen LogP contribution is 2.18. The van der Waals surface area contributed by atoms with E-state index in [9.17, 15) is 14.4 Å². The molecule has 126 valence electrons. The molecule has 1 aromatic heterocycles. The lowest BCUT2D eigenvalue weighted by molar-refractivity contribution is -0.135. The van der Waals surface area contributed by atoms with E-state index in [1.165, 1.54) is 23.9 Å². The van der Waals surface area contributed by atoms with Crippen molar-refractivity contribution in [1.29, 1.82) is 0 Å². The van der Waals surface area contributed by atoms with Gasteiger partial charge in [0.15, 0.2) is 0 Å². The number of rotatable bonds is 4. The van der Waals surface area contributed by atoms with Gasteiger partial charge in [0, 0.05) is 27.7 Å². The van der Waals surface area contributed by atoms with Gasteiger partial charge in [-0.25, -0.2) is 9.42 Å². The minimum atomic E-state index is -0.750. The Morgan fingerprint density at radius 2 is 1.96 bits per heavy atom. The second-order valence-electron chi connectivity index (χ2n) is 5.85. The van der Waals surface area contributed by atoms with Crippen LogP contribution in [0, 0.1) is 0 Å². The van der Waals surface area contributed by atoms with Gasteiger partial charge in [0.1, 0.15) is 17.1 Å². The lowest BCUT2D eigenvalue weighted by Gasteiger charge is -2.21. The van der Waals surface area contributed by atoms with Gasteiger partial charge in [-0.15, -0.1) is 0 Å². The van der Waals surface area contributed by atoms with Crippen LogP contribution in [0.5, 0.6) is 0 Å². The summed E-state index contributed by atoms with van der Waals surface area (Å²) >= 11 is 0. The summed E-state index contributed by atoms with van der Waals surface area (Å²) in [5.41, 5.74) is 2.13. The molecule has 24 heavy (non-hydrogen) atoms. The molecule has 9 heteroatoms. The second kappa shape index (κ2) is 5.91. The van der Waals surface area contributed by atoms with Gasteiger partial charge >= 0.3 is 6.03 Å². The number of nitrogens with zero attached hydrogens (tertiary/aromatic N) is 5. The zero-order valence-electron chi connectivity index (χ0n) is 13.6. The molecule has 0 aliphatic carbocycles. The van der Waals surface area contributed by atoms with Crippen LogP contribution in [-0.4, -0.2) is 70.0 Å². The Morgan fingerprint density at radius 3 is 2.62 bits per heavy atom. The fourth-order valence-electron chi connectivity index (χ4n) is 2.69. The van der Waals surface area contributed by atoms with Crippen LogP contribution >= 0.6 is 0 Å². The lowest BCUT2D eigenvalue weighted by Crippen LogP contribution is -2.38. The monoisotopic (exact) mass is 331 g/mol. The van der Waals surface area contributed by atoms with Crippen LogP contribution in [-0.2, 0) is 16.1 Å². The summed E-state index contributed by atoms with van der Waals surface area (Å²) in [5, 5.41) is 7.49. The van der Waals surface area contributed by atoms with Crippen LogP contribution in [0.4, 0.5) is 4.79 Å². The van der Waals surface area contributed by atoms with Crippen molar-refractivity contribution in [2.45, 2.75) is 19.0 Å². The number of aromatic nitrogens is 2. The fraction of sp³-hybridized carbons (Fsp3) is 0.400. The lowest BCUT2D eigenvalue weighted by atomic mass is 10.1. The van der Waals surface area contributed by atoms with Crippen molar-refractivity contribution in [2.24, 2.45) is 0 Å². The number of imide groups is 1. The summed E-state index contributed by atoms with van der Waals surface area (Å²) in [6.07, 6.45) is -0.0460. The van der Waals surface area contributed by atoms with Gasteiger partial charge in [0.2, 0.25) is 5.91 Å². The first kappa shape index (κ1) is 15.9. The van der Waals surface area contributed by atoms with Crippen molar-refractivity contribution in [2.75, 3.05) is 21.1 Å². The molecule has 4 amide bonds. The van der Waals surface area contributed by atoms with Gasteiger partial charge in [-0.1, -0.05) is 6.07 Å². The van der Waals surface area contributed by atoms with E-state index in [4.69, 9.17) is 0 Å². The van der Waals surface area contributed by atoms with E-state index in [1.807, 2.05) is 6.07 Å². The van der Waals surface area contributed by atoms with Crippen LogP contribution in [0.15, 0.2) is 22.8 Å². The zero-order valence-corrected chi connectivity index (χ0v) is 13.6. The predicted octanol–water partition coefficient (Wildman–Crippen LogP) is 0.464. The van der Waals surface area contributed by atoms with Crippen LogP contribution in [0.2, 0.25) is 0 Å². The summed E-state index contributed by atoms with van der Waals surface area (Å²) in [6, 6.07) is 4.24. The van der Waals surface area contributed by atoms with Gasteiger partial charge in [-0.3, -0.25) is 14.5 Å². The summed E-state index contributed by atoms with van der Waals surface area (Å²) in [6.45, 7) is 0.357. The van der Waals surface area contributed by atoms with Gasteiger partial charge in [-0.05, 0) is 28.0 Å². The summed E-state index contributed by atoms with van der Waals surface area (Å²) in [7, 11) is 4.59. The minimum Gasteiger partial charge on any atom is -0.341 e. The van der Waals surface area contributed by atoms with Gasteiger partial charge in [0.25, 0.3) is 5.91 Å². The van der Waals surface area contributed by atoms with E-state index < -0.39 is 12.1 Å². The third-order valence-electron chi connectivity index (χ3n) is 4.20. The molecule has 0 N–H and O–H groups in total. The van der Waals surface area contributed by atoms with E-state index in [0.29, 0.717) is 17.6 Å². The predicted molar refractivity (Wildman–Crippen MR) is 82.6 cm³/mol. The maximum Gasteiger partial charge on any atom is 0.326 e. The van der Waals surface area contributed by atoms with Gasteiger partial charge < -0.3 is 9.80 Å². The third-order valence-corrected chi connectivity index (χ3v) is 4.20. The first-order valence-corrected chi connectivity index (χ1v) is 7.38. The Balaban J connectivity index is 1.66. The number of likely N-dealkylation sites (N-methyl/N-ethyl adjacent to an activating group) is 2. The first-order chi connectivity index (χ1) is 11.4. The van der Waals surface area contributed by atoms with Crippen LogP contribution in [0.1, 0.15) is 12.0 Å². The molecule has 0 bridgehead atoms. The third kappa shape index (κ3) is 2.68. The van der Waals surface area contributed by atoms with Crippen molar-refractivity contribution in [3.05, 3.63) is 23.8 Å². The first-order valence-electron chi connectivity index (χ1n) is 7.38. The van der Waals surface area contributed by atoms with Crippen LogP contribution < -0.4 is 0 Å². The molecule has 1 aliphatic rings. The standard InChI is InChI=1S/C15H17N5O4/c1-18(8-9-4-5-10-11(6-9)17-24-16-10)13(21)7-12-14(22)20(3)15(23)19(12)2/h4-6,12H,7-8H2,1-3H3/t12-/m1/s1. The number of benzene rings is 1. The highest BCUT2D eigenvalue weighted by Gasteiger charge is 2.42. The molecular formula is C15H17N5O4. The molecule has 1 saturated heterocycles. The van der Waals surface area contributed by atoms with Gasteiger partial charge in [-0.2, -0.15) is 0 Å². The van der Waals surface area contributed by atoms with Crippen LogP contribution in [0.3, 0.4) is 0 Å². The van der Waals surface area contributed by atoms with Crippen molar-refractivity contribution in [3.63, 3.8) is 0 Å². The SMILES string of the molecule is CN(Cc1ccc2nonc2c1)C(=O)C[C@@H]1C(=O)N(C)C(=O)N1C. The molecule has 1 aliphatic heterocycles. The molecule has 1 fully saturated rings. The number of hydrogen-bond acceptors (Lipinski definition) is 6. The second-order valence-corrected chi connectivity index (χ2v) is 5.85. The fourth-order valence-corrected chi connectivity index (χ4v) is 2.69. The number of amides is 4. The van der Waals surface area contributed by atoms with Crippen LogP contribution in [0.25, 0.3) is 11.0 Å². The molecule has 2 heterocycles. The van der Waals surface area contributed by atoms with Crippen molar-refractivity contribution in [3.8, 4) is 0 Å². The molecule has 1 aromatic carbocycles. The van der Waals surface area contributed by atoms with E-state index >= 15 is 0 Å². The Kier molecular flexibility index (Phi) is 3.92. The van der Waals surface area contributed by atoms with Crippen molar-refractivity contribution >= 4 is 28.9 Å². The maximum atomic E-state index is 12.4. The van der Waals surface area contributed by atoms with Crippen molar-refractivity contribution in [1.82, 2.24) is 25.0 Å². The average Bonchev–Trinajstić information content (AvgIpc) is 3.10. The quantitative estimate of drug-likeness (QED) is 0.755. The largest absolute Gasteiger partial charge is 0.341 e. The topological polar surface area (TPSA) is 99.9 Å². The molecule has 9 nitrogen and oxygen atoms in total. The molecule has 0 unspecified atom stereocenters. The number of fused-ring (bicyclic) bond motifs is 1. The highest BCUT2D eigenvalue weighted by atomic mass is 16.6. The number of carbonyl (C=O) groups is 3. The summed E-state index contributed by atoms with van der Waals surface area (Å²) in [4.78, 5) is 40.0. The molecule has 1 atom stereocenters. The van der Waals surface area contributed by atoms with E-state index in [1.54, 1.807) is 19.2 Å². The normalized spacial score (nSPS) is 17.9.